The molecule has 106 valence electrons. The first kappa shape index (κ1) is 14.3. The van der Waals surface area contributed by atoms with E-state index in [0.29, 0.717) is 12.0 Å². The molecular weight excluding hydrogens is 260 g/mol. The van der Waals surface area contributed by atoms with E-state index in [1.165, 1.54) is 13.0 Å². The van der Waals surface area contributed by atoms with Crippen molar-refractivity contribution >= 4 is 11.9 Å². The summed E-state index contributed by atoms with van der Waals surface area (Å²) in [6.45, 7) is 1.27. The molecule has 0 saturated carbocycles. The maximum Gasteiger partial charge on any atom is 0.330 e. The van der Waals surface area contributed by atoms with Gasteiger partial charge in [0.15, 0.2) is 6.10 Å². The Kier molecular flexibility index (Phi) is 4.53. The first-order valence-electron chi connectivity index (χ1n) is 6.35. The molecule has 0 spiro atoms. The first-order valence-corrected chi connectivity index (χ1v) is 6.35. The molecule has 5 nitrogen and oxygen atoms in total. The Morgan fingerprint density at radius 2 is 2.10 bits per heavy atom. The number of aliphatic hydroxyl groups excluding tert-OH is 1. The maximum absolute atomic E-state index is 11.2. The highest BCUT2D eigenvalue weighted by Crippen LogP contribution is 2.27. The molecule has 0 radical (unpaired) electrons. The number of carbonyl (C=O) groups excluding carboxylic acids is 2. The van der Waals surface area contributed by atoms with Gasteiger partial charge < -0.3 is 14.6 Å². The molecule has 20 heavy (non-hydrogen) atoms. The lowest BCUT2D eigenvalue weighted by molar-refractivity contribution is -0.167. The highest BCUT2D eigenvalue weighted by Gasteiger charge is 2.34. The number of rotatable bonds is 4. The second-order valence-electron chi connectivity index (χ2n) is 4.54. The minimum absolute atomic E-state index is 0.386. The van der Waals surface area contributed by atoms with Gasteiger partial charge in [-0.1, -0.05) is 36.4 Å². The van der Waals surface area contributed by atoms with Crippen molar-refractivity contribution in [3.63, 3.8) is 0 Å². The Balaban J connectivity index is 2.20. The molecule has 1 aliphatic heterocycles. The number of hydrogen-bond donors (Lipinski definition) is 1. The average molecular weight is 276 g/mol. The molecule has 1 heterocycles. The van der Waals surface area contributed by atoms with E-state index in [1.54, 1.807) is 30.3 Å². The summed E-state index contributed by atoms with van der Waals surface area (Å²) in [6, 6.07) is 8.88. The van der Waals surface area contributed by atoms with E-state index in [-0.39, 0.29) is 0 Å². The Labute approximate surface area is 116 Å². The Hall–Kier alpha value is -2.14. The number of esters is 2. The normalized spacial score (nSPS) is 20.9. The summed E-state index contributed by atoms with van der Waals surface area (Å²) in [7, 11) is 0. The van der Waals surface area contributed by atoms with Gasteiger partial charge in [0.2, 0.25) is 0 Å². The van der Waals surface area contributed by atoms with Crippen LogP contribution in [0.2, 0.25) is 0 Å². The number of carbonyl (C=O) groups is 2. The van der Waals surface area contributed by atoms with Gasteiger partial charge in [-0.15, -0.1) is 0 Å². The molecule has 2 rings (SSSR count). The summed E-state index contributed by atoms with van der Waals surface area (Å²) < 4.78 is 10.2. The molecule has 1 aromatic rings. The van der Waals surface area contributed by atoms with Crippen molar-refractivity contribution in [1.29, 1.82) is 0 Å². The van der Waals surface area contributed by atoms with Gasteiger partial charge in [-0.25, -0.2) is 4.79 Å². The second kappa shape index (κ2) is 6.34. The minimum atomic E-state index is -1.12. The van der Waals surface area contributed by atoms with E-state index < -0.39 is 30.3 Å². The van der Waals surface area contributed by atoms with Gasteiger partial charge in [-0.05, 0) is 5.56 Å². The van der Waals surface area contributed by atoms with Crippen LogP contribution in [-0.4, -0.2) is 29.3 Å². The van der Waals surface area contributed by atoms with E-state index in [9.17, 15) is 14.7 Å². The standard InChI is InChI=1S/C15H16O5/c1-10(16)19-15(11-6-3-2-4-7-11)14(18)12-8-5-9-13(17)20-12/h2-7,9,12,14-15,18H,8H2,1H3/t12-,14?,15?/m1/s1. The first-order chi connectivity index (χ1) is 9.58. The van der Waals surface area contributed by atoms with Crippen molar-refractivity contribution in [3.8, 4) is 0 Å². The van der Waals surface area contributed by atoms with Crippen molar-refractivity contribution in [2.75, 3.05) is 0 Å². The second-order valence-corrected chi connectivity index (χ2v) is 4.54. The highest BCUT2D eigenvalue weighted by molar-refractivity contribution is 5.82. The molecule has 1 aromatic carbocycles. The zero-order valence-corrected chi connectivity index (χ0v) is 11.1. The topological polar surface area (TPSA) is 72.8 Å². The molecule has 0 aliphatic carbocycles. The predicted octanol–water partition coefficient (Wildman–Crippen LogP) is 1.52. The highest BCUT2D eigenvalue weighted by atomic mass is 16.6. The van der Waals surface area contributed by atoms with Crippen LogP contribution in [0.1, 0.15) is 25.0 Å². The van der Waals surface area contributed by atoms with Crippen LogP contribution in [0.25, 0.3) is 0 Å². The zero-order valence-electron chi connectivity index (χ0n) is 11.1. The molecule has 2 unspecified atom stereocenters. The van der Waals surface area contributed by atoms with Gasteiger partial charge in [-0.3, -0.25) is 4.79 Å². The fourth-order valence-electron chi connectivity index (χ4n) is 2.10. The Bertz CT molecular complexity index is 508. The van der Waals surface area contributed by atoms with Crippen molar-refractivity contribution in [2.24, 2.45) is 0 Å². The molecule has 5 heteroatoms. The molecular formula is C15H16O5. The van der Waals surface area contributed by atoms with Gasteiger partial charge in [0.05, 0.1) is 0 Å². The van der Waals surface area contributed by atoms with Crippen molar-refractivity contribution in [2.45, 2.75) is 31.7 Å². The van der Waals surface area contributed by atoms with Gasteiger partial charge >= 0.3 is 11.9 Å². The largest absolute Gasteiger partial charge is 0.456 e. The zero-order chi connectivity index (χ0) is 14.5. The smallest absolute Gasteiger partial charge is 0.330 e. The molecule has 0 fully saturated rings. The number of ether oxygens (including phenoxy) is 2. The third kappa shape index (κ3) is 3.45. The number of hydrogen-bond acceptors (Lipinski definition) is 5. The van der Waals surface area contributed by atoms with Crippen LogP contribution in [0.15, 0.2) is 42.5 Å². The van der Waals surface area contributed by atoms with E-state index in [0.717, 1.165) is 0 Å². The lowest BCUT2D eigenvalue weighted by atomic mass is 9.97. The molecule has 0 saturated heterocycles. The lowest BCUT2D eigenvalue weighted by Crippen LogP contribution is -2.38. The van der Waals surface area contributed by atoms with Gasteiger partial charge in [0.1, 0.15) is 12.2 Å². The fourth-order valence-corrected chi connectivity index (χ4v) is 2.10. The van der Waals surface area contributed by atoms with Crippen LogP contribution in [-0.2, 0) is 19.1 Å². The predicted molar refractivity (Wildman–Crippen MR) is 70.6 cm³/mol. The molecule has 0 aromatic heterocycles. The summed E-state index contributed by atoms with van der Waals surface area (Å²) in [5, 5.41) is 10.4. The fraction of sp³-hybridized carbons (Fsp3) is 0.333. The van der Waals surface area contributed by atoms with E-state index >= 15 is 0 Å². The SMILES string of the molecule is CC(=O)OC(c1ccccc1)C(O)[C@H]1CC=CC(=O)O1. The van der Waals surface area contributed by atoms with Crippen molar-refractivity contribution in [1.82, 2.24) is 0 Å². The van der Waals surface area contributed by atoms with Crippen LogP contribution >= 0.6 is 0 Å². The summed E-state index contributed by atoms with van der Waals surface area (Å²) in [5.74, 6) is -1.01. The molecule has 0 bridgehead atoms. The van der Waals surface area contributed by atoms with Crippen LogP contribution in [0, 0.1) is 0 Å². The summed E-state index contributed by atoms with van der Waals surface area (Å²) >= 11 is 0. The van der Waals surface area contributed by atoms with Crippen LogP contribution in [0.5, 0.6) is 0 Å². The van der Waals surface area contributed by atoms with E-state index in [4.69, 9.17) is 9.47 Å². The van der Waals surface area contributed by atoms with Crippen molar-refractivity contribution in [3.05, 3.63) is 48.0 Å². The minimum Gasteiger partial charge on any atom is -0.456 e. The molecule has 1 aliphatic rings. The summed E-state index contributed by atoms with van der Waals surface area (Å²) in [6.07, 6.45) is 0.629. The Morgan fingerprint density at radius 1 is 1.40 bits per heavy atom. The van der Waals surface area contributed by atoms with E-state index in [2.05, 4.69) is 0 Å². The van der Waals surface area contributed by atoms with Crippen LogP contribution < -0.4 is 0 Å². The molecule has 1 N–H and O–H groups in total. The third-order valence-electron chi connectivity index (χ3n) is 3.00. The van der Waals surface area contributed by atoms with Crippen LogP contribution in [0.3, 0.4) is 0 Å². The lowest BCUT2D eigenvalue weighted by Gasteiger charge is -2.30. The number of cyclic esters (lactones) is 1. The quantitative estimate of drug-likeness (QED) is 0.844. The average Bonchev–Trinajstić information content (AvgIpc) is 2.45. The third-order valence-corrected chi connectivity index (χ3v) is 3.00. The van der Waals surface area contributed by atoms with Crippen LogP contribution in [0.4, 0.5) is 0 Å². The van der Waals surface area contributed by atoms with Gasteiger partial charge in [0, 0.05) is 19.4 Å². The number of benzene rings is 1. The summed E-state index contributed by atoms with van der Waals surface area (Å²) in [4.78, 5) is 22.5. The van der Waals surface area contributed by atoms with E-state index in [1.807, 2.05) is 6.07 Å². The molecule has 3 atom stereocenters. The number of aliphatic hydroxyl groups is 1. The van der Waals surface area contributed by atoms with Gasteiger partial charge in [-0.2, -0.15) is 0 Å². The molecule has 0 amide bonds. The summed E-state index contributed by atoms with van der Waals surface area (Å²) in [5.41, 5.74) is 0.654. The maximum atomic E-state index is 11.2. The monoisotopic (exact) mass is 276 g/mol. The van der Waals surface area contributed by atoms with Gasteiger partial charge in [0.25, 0.3) is 0 Å². The Morgan fingerprint density at radius 3 is 2.70 bits per heavy atom. The van der Waals surface area contributed by atoms with Crippen molar-refractivity contribution < 1.29 is 24.2 Å².